The number of rotatable bonds is 14. The first kappa shape index (κ1) is 28.8. The highest BCUT2D eigenvalue weighted by atomic mass is 35.5. The molecule has 1 N–H and O–H groups in total. The van der Waals surface area contributed by atoms with E-state index in [2.05, 4.69) is 29.4 Å². The molecule has 0 amide bonds. The number of unbranched alkanes of at least 4 members (excludes halogenated alkanes) is 5. The van der Waals surface area contributed by atoms with Crippen LogP contribution in [0.2, 0.25) is 5.15 Å². The number of nitrogens with zero attached hydrogens (tertiary/aromatic N) is 1. The average molecular weight is 478 g/mol. The summed E-state index contributed by atoms with van der Waals surface area (Å²) < 4.78 is 11.7. The van der Waals surface area contributed by atoms with Crippen LogP contribution in [0, 0.1) is 0 Å². The number of pyridine rings is 1. The third-order valence-electron chi connectivity index (χ3n) is 4.53. The highest BCUT2D eigenvalue weighted by molar-refractivity contribution is 6.29. The van der Waals surface area contributed by atoms with E-state index in [0.717, 1.165) is 30.2 Å². The number of ether oxygens (including phenoxy) is 2. The summed E-state index contributed by atoms with van der Waals surface area (Å²) in [7, 11) is 0. The lowest BCUT2D eigenvalue weighted by Gasteiger charge is -2.14. The van der Waals surface area contributed by atoms with E-state index in [0.29, 0.717) is 18.4 Å². The molecule has 4 nitrogen and oxygen atoms in total. The van der Waals surface area contributed by atoms with Gasteiger partial charge in [0.2, 0.25) is 0 Å². The fraction of sp³-hybridized carbons (Fsp3) is 0.522. The monoisotopic (exact) mass is 476 g/mol. The largest absolute Gasteiger partial charge is 0.490 e. The summed E-state index contributed by atoms with van der Waals surface area (Å²) in [6.07, 6.45) is 9.64. The number of halogens is 3. The van der Waals surface area contributed by atoms with Gasteiger partial charge in [-0.05, 0) is 43.7 Å². The minimum atomic E-state index is 0. The molecule has 0 bridgehead atoms. The highest BCUT2D eigenvalue weighted by Gasteiger charge is 2.07. The number of benzene rings is 1. The average Bonchev–Trinajstić information content (AvgIpc) is 2.71. The molecule has 1 aromatic carbocycles. The number of hydrogen-bond donors (Lipinski definition) is 1. The number of hydrogen-bond acceptors (Lipinski definition) is 4. The summed E-state index contributed by atoms with van der Waals surface area (Å²) in [6.45, 7) is 7.17. The standard InChI is InChI=1S/C23H33ClN2O2.2ClH/c1-3-5-6-7-8-9-14-25-16-19-10-12-21(22(15-19)27-4-2)28-18-20-11-13-23(24)26-17-20;;/h10-13,15,17,25H,3-9,14,16,18H2,1-2H3;2*1H. The van der Waals surface area contributed by atoms with Crippen LogP contribution in [-0.2, 0) is 13.2 Å². The van der Waals surface area contributed by atoms with Crippen molar-refractivity contribution in [3.05, 3.63) is 52.8 Å². The highest BCUT2D eigenvalue weighted by Crippen LogP contribution is 2.29. The fourth-order valence-corrected chi connectivity index (χ4v) is 3.08. The van der Waals surface area contributed by atoms with Crippen molar-refractivity contribution in [2.24, 2.45) is 0 Å². The third kappa shape index (κ3) is 11.3. The van der Waals surface area contributed by atoms with Gasteiger partial charge < -0.3 is 14.8 Å². The smallest absolute Gasteiger partial charge is 0.161 e. The van der Waals surface area contributed by atoms with Crippen LogP contribution < -0.4 is 14.8 Å². The zero-order valence-corrected chi connectivity index (χ0v) is 20.4. The second-order valence-corrected chi connectivity index (χ2v) is 7.32. The summed E-state index contributed by atoms with van der Waals surface area (Å²) in [4.78, 5) is 4.08. The second kappa shape index (κ2) is 17.5. The van der Waals surface area contributed by atoms with Crippen LogP contribution in [0.15, 0.2) is 36.5 Å². The Labute approximate surface area is 198 Å². The predicted octanol–water partition coefficient (Wildman–Crippen LogP) is 7.01. The van der Waals surface area contributed by atoms with Crippen LogP contribution >= 0.6 is 36.4 Å². The first-order valence-corrected chi connectivity index (χ1v) is 10.8. The summed E-state index contributed by atoms with van der Waals surface area (Å²) in [5.74, 6) is 1.53. The molecule has 1 heterocycles. The van der Waals surface area contributed by atoms with E-state index in [-0.39, 0.29) is 24.8 Å². The van der Waals surface area contributed by atoms with Crippen molar-refractivity contribution in [3.63, 3.8) is 0 Å². The molecule has 0 atom stereocenters. The van der Waals surface area contributed by atoms with Gasteiger partial charge in [-0.25, -0.2) is 4.98 Å². The molecular weight excluding hydrogens is 443 g/mol. The Hall–Kier alpha value is -1.20. The maximum Gasteiger partial charge on any atom is 0.161 e. The van der Waals surface area contributed by atoms with Crippen LogP contribution in [0.3, 0.4) is 0 Å². The fourth-order valence-electron chi connectivity index (χ4n) is 2.97. The molecule has 2 aromatic rings. The maximum atomic E-state index is 5.93. The van der Waals surface area contributed by atoms with E-state index in [1.54, 1.807) is 12.3 Å². The normalized spacial score (nSPS) is 10.1. The van der Waals surface area contributed by atoms with Gasteiger partial charge in [-0.1, -0.05) is 62.8 Å². The maximum absolute atomic E-state index is 5.93. The van der Waals surface area contributed by atoms with Gasteiger partial charge >= 0.3 is 0 Å². The quantitative estimate of drug-likeness (QED) is 0.235. The molecule has 30 heavy (non-hydrogen) atoms. The lowest BCUT2D eigenvalue weighted by Crippen LogP contribution is -2.14. The molecule has 0 saturated heterocycles. The molecule has 0 fully saturated rings. The Morgan fingerprint density at radius 3 is 2.30 bits per heavy atom. The van der Waals surface area contributed by atoms with Crippen LogP contribution in [0.4, 0.5) is 0 Å². The van der Waals surface area contributed by atoms with Crippen molar-refractivity contribution in [2.45, 2.75) is 65.5 Å². The van der Waals surface area contributed by atoms with Crippen molar-refractivity contribution >= 4 is 36.4 Å². The molecule has 0 aliphatic carbocycles. The first-order valence-electron chi connectivity index (χ1n) is 10.4. The summed E-state index contributed by atoms with van der Waals surface area (Å²) >= 11 is 5.82. The van der Waals surface area contributed by atoms with Crippen LogP contribution in [0.5, 0.6) is 11.5 Å². The van der Waals surface area contributed by atoms with Crippen molar-refractivity contribution < 1.29 is 9.47 Å². The van der Waals surface area contributed by atoms with Crippen LogP contribution in [0.25, 0.3) is 0 Å². The molecule has 2 rings (SSSR count). The minimum absolute atomic E-state index is 0. The zero-order valence-electron chi connectivity index (χ0n) is 18.0. The van der Waals surface area contributed by atoms with Gasteiger partial charge in [0.25, 0.3) is 0 Å². The SMILES string of the molecule is CCCCCCCCNCc1ccc(OCc2ccc(Cl)nc2)c(OCC)c1.Cl.Cl. The molecule has 170 valence electrons. The number of aromatic nitrogens is 1. The van der Waals surface area contributed by atoms with Gasteiger partial charge in [-0.15, -0.1) is 24.8 Å². The van der Waals surface area contributed by atoms with Crippen molar-refractivity contribution in [2.75, 3.05) is 13.2 Å². The van der Waals surface area contributed by atoms with Crippen LogP contribution in [0.1, 0.15) is 63.5 Å². The van der Waals surface area contributed by atoms with E-state index < -0.39 is 0 Å². The molecule has 0 aliphatic heterocycles. The van der Waals surface area contributed by atoms with E-state index in [1.807, 2.05) is 19.1 Å². The molecular formula is C23H35Cl3N2O2. The van der Waals surface area contributed by atoms with Gasteiger partial charge in [0.1, 0.15) is 11.8 Å². The molecule has 0 radical (unpaired) electrons. The zero-order chi connectivity index (χ0) is 20.0. The summed E-state index contributed by atoms with van der Waals surface area (Å²) in [6, 6.07) is 9.81. The lowest BCUT2D eigenvalue weighted by atomic mass is 10.1. The van der Waals surface area contributed by atoms with E-state index in [9.17, 15) is 0 Å². The van der Waals surface area contributed by atoms with Gasteiger partial charge in [-0.2, -0.15) is 0 Å². The Morgan fingerprint density at radius 1 is 0.867 bits per heavy atom. The first-order chi connectivity index (χ1) is 13.7. The van der Waals surface area contributed by atoms with Crippen molar-refractivity contribution in [1.29, 1.82) is 0 Å². The van der Waals surface area contributed by atoms with Gasteiger partial charge in [0, 0.05) is 18.3 Å². The number of nitrogens with one attached hydrogen (secondary N) is 1. The van der Waals surface area contributed by atoms with Crippen molar-refractivity contribution in [3.8, 4) is 11.5 Å². The topological polar surface area (TPSA) is 43.4 Å². The van der Waals surface area contributed by atoms with Gasteiger partial charge in [0.05, 0.1) is 6.61 Å². The Bertz CT molecular complexity index is 685. The van der Waals surface area contributed by atoms with E-state index >= 15 is 0 Å². The summed E-state index contributed by atoms with van der Waals surface area (Å²) in [5, 5.41) is 4.01. The van der Waals surface area contributed by atoms with Crippen LogP contribution in [-0.4, -0.2) is 18.1 Å². The van der Waals surface area contributed by atoms with Crippen molar-refractivity contribution in [1.82, 2.24) is 10.3 Å². The second-order valence-electron chi connectivity index (χ2n) is 6.94. The van der Waals surface area contributed by atoms with E-state index in [1.165, 1.54) is 44.1 Å². The predicted molar refractivity (Wildman–Crippen MR) is 131 cm³/mol. The Morgan fingerprint density at radius 2 is 1.60 bits per heavy atom. The molecule has 0 spiro atoms. The molecule has 1 aromatic heterocycles. The molecule has 0 saturated carbocycles. The Kier molecular flexibility index (Phi) is 16.8. The third-order valence-corrected chi connectivity index (χ3v) is 4.75. The minimum Gasteiger partial charge on any atom is -0.490 e. The summed E-state index contributed by atoms with van der Waals surface area (Å²) in [5.41, 5.74) is 2.17. The van der Waals surface area contributed by atoms with E-state index in [4.69, 9.17) is 21.1 Å². The molecule has 7 heteroatoms. The Balaban J connectivity index is 0.00000420. The molecule has 0 unspecified atom stereocenters. The van der Waals surface area contributed by atoms with Gasteiger partial charge in [0.15, 0.2) is 11.5 Å². The lowest BCUT2D eigenvalue weighted by molar-refractivity contribution is 0.269. The molecule has 0 aliphatic rings. The van der Waals surface area contributed by atoms with Gasteiger partial charge in [-0.3, -0.25) is 0 Å².